The minimum atomic E-state index is -0.0603. The van der Waals surface area contributed by atoms with Crippen LogP contribution < -0.4 is 25.9 Å². The van der Waals surface area contributed by atoms with E-state index < -0.39 is 0 Å². The maximum Gasteiger partial charge on any atom is 0.260 e. The van der Waals surface area contributed by atoms with Gasteiger partial charge in [-0.15, -0.1) is 0 Å². The van der Waals surface area contributed by atoms with E-state index in [4.69, 9.17) is 9.47 Å². The van der Waals surface area contributed by atoms with E-state index in [9.17, 15) is 0 Å². The molecular formula is C36H36BNO2. The highest BCUT2D eigenvalue weighted by molar-refractivity contribution is 6.98. The second kappa shape index (κ2) is 7.75. The Morgan fingerprint density at radius 3 is 2.30 bits per heavy atom. The van der Waals surface area contributed by atoms with Gasteiger partial charge in [0, 0.05) is 21.8 Å². The smallest absolute Gasteiger partial charge is 0.260 e. The number of hydrogen-bond acceptors (Lipinski definition) is 2. The van der Waals surface area contributed by atoms with Crippen molar-refractivity contribution in [2.75, 3.05) is 0 Å². The van der Waals surface area contributed by atoms with Crippen LogP contribution in [0.5, 0.6) is 23.0 Å². The molecule has 8 rings (SSSR count). The zero-order valence-electron chi connectivity index (χ0n) is 24.7. The Kier molecular flexibility index (Phi) is 4.68. The Morgan fingerprint density at radius 1 is 0.775 bits per heavy atom. The summed E-state index contributed by atoms with van der Waals surface area (Å²) >= 11 is 0. The van der Waals surface area contributed by atoms with Crippen molar-refractivity contribution in [1.82, 2.24) is 4.57 Å². The average molecular weight is 526 g/mol. The van der Waals surface area contributed by atoms with Crippen LogP contribution in [-0.2, 0) is 23.8 Å². The van der Waals surface area contributed by atoms with E-state index in [1.54, 1.807) is 0 Å². The summed E-state index contributed by atoms with van der Waals surface area (Å²) in [6, 6.07) is 20.5. The first kappa shape index (κ1) is 24.2. The Bertz CT molecular complexity index is 1910. The van der Waals surface area contributed by atoms with Gasteiger partial charge in [-0.3, -0.25) is 0 Å². The summed E-state index contributed by atoms with van der Waals surface area (Å²) in [7, 11) is 0. The maximum atomic E-state index is 6.99. The van der Waals surface area contributed by atoms with Crippen molar-refractivity contribution < 1.29 is 9.47 Å². The van der Waals surface area contributed by atoms with Gasteiger partial charge in [0.15, 0.2) is 0 Å². The van der Waals surface area contributed by atoms with Gasteiger partial charge in [-0.1, -0.05) is 51.1 Å². The van der Waals surface area contributed by atoms with E-state index in [2.05, 4.69) is 108 Å². The van der Waals surface area contributed by atoms with E-state index in [0.29, 0.717) is 0 Å². The normalized spacial score (nSPS) is 15.4. The zero-order chi connectivity index (χ0) is 27.7. The molecule has 4 aromatic carbocycles. The fraction of sp³-hybridized carbons (Fsp3) is 0.333. The summed E-state index contributed by atoms with van der Waals surface area (Å²) in [4.78, 5) is 0. The number of ether oxygens (including phenoxy) is 2. The first-order valence-corrected chi connectivity index (χ1v) is 14.8. The van der Waals surface area contributed by atoms with Crippen LogP contribution in [0.3, 0.4) is 0 Å². The number of hydrogen-bond donors (Lipinski definition) is 0. The van der Waals surface area contributed by atoms with Gasteiger partial charge in [-0.25, -0.2) is 0 Å². The van der Waals surface area contributed by atoms with E-state index in [-0.39, 0.29) is 17.7 Å². The lowest BCUT2D eigenvalue weighted by Crippen LogP contribution is -2.57. The molecule has 0 saturated carbocycles. The second-order valence-electron chi connectivity index (χ2n) is 14.2. The SMILES string of the molecule is Cc1cc2c3c(c1)Oc1c(ccc4c1c1ccc5c(c1n4C(C)(C)C)CCC5)B3c1cc(C(C)(C)C)ccc1O2. The molecule has 0 atom stereocenters. The highest BCUT2D eigenvalue weighted by Gasteiger charge is 2.42. The zero-order valence-corrected chi connectivity index (χ0v) is 24.7. The molecule has 4 heteroatoms. The number of aromatic nitrogens is 1. The van der Waals surface area contributed by atoms with Crippen LogP contribution in [-0.4, -0.2) is 11.3 Å². The Balaban J connectivity index is 1.49. The predicted molar refractivity (Wildman–Crippen MR) is 168 cm³/mol. The van der Waals surface area contributed by atoms with Crippen LogP contribution in [0.2, 0.25) is 0 Å². The molecule has 0 bridgehead atoms. The molecule has 0 radical (unpaired) electrons. The number of nitrogens with zero attached hydrogens (tertiary/aromatic N) is 1. The van der Waals surface area contributed by atoms with Crippen LogP contribution in [0, 0.1) is 6.92 Å². The standard InChI is InChI=1S/C36H36BNO2/c1-20-17-29-32-30(18-20)40-34-25(37(32)26-19-22(35(2,3)4)12-16-28(26)39-29)14-15-27-31(34)24-13-11-21-9-8-10-23(21)33(24)38(27)36(5,6)7/h11-19H,8-10H2,1-7H3. The molecule has 0 amide bonds. The van der Waals surface area contributed by atoms with E-state index in [1.165, 1.54) is 62.3 Å². The number of fused-ring (bicyclic) bond motifs is 10. The third-order valence-electron chi connectivity index (χ3n) is 9.29. The molecule has 200 valence electrons. The lowest BCUT2D eigenvalue weighted by Gasteiger charge is -2.34. The Morgan fingerprint density at radius 2 is 1.55 bits per heavy atom. The van der Waals surface area contributed by atoms with Crippen molar-refractivity contribution in [3.8, 4) is 23.0 Å². The summed E-state index contributed by atoms with van der Waals surface area (Å²) in [6.07, 6.45) is 3.56. The van der Waals surface area contributed by atoms with Gasteiger partial charge < -0.3 is 14.0 Å². The molecule has 1 aromatic heterocycles. The molecule has 0 saturated heterocycles. The topological polar surface area (TPSA) is 23.4 Å². The highest BCUT2D eigenvalue weighted by atomic mass is 16.5. The minimum Gasteiger partial charge on any atom is -0.458 e. The summed E-state index contributed by atoms with van der Waals surface area (Å²) in [6.45, 7) is 16.0. The fourth-order valence-electron chi connectivity index (χ4n) is 7.52. The monoisotopic (exact) mass is 525 g/mol. The van der Waals surface area contributed by atoms with Gasteiger partial charge in [0.25, 0.3) is 6.71 Å². The molecule has 2 aliphatic heterocycles. The molecule has 1 aliphatic carbocycles. The largest absolute Gasteiger partial charge is 0.458 e. The van der Waals surface area contributed by atoms with Gasteiger partial charge in [-0.05, 0) is 110 Å². The summed E-state index contributed by atoms with van der Waals surface area (Å²) < 4.78 is 16.1. The van der Waals surface area contributed by atoms with Crippen LogP contribution in [0.15, 0.2) is 54.6 Å². The third kappa shape index (κ3) is 3.19. The Hall–Kier alpha value is -3.66. The van der Waals surface area contributed by atoms with Crippen LogP contribution in [0.4, 0.5) is 0 Å². The maximum absolute atomic E-state index is 6.99. The van der Waals surface area contributed by atoms with Crippen LogP contribution in [0.25, 0.3) is 21.8 Å². The first-order chi connectivity index (χ1) is 19.0. The molecule has 3 nitrogen and oxygen atoms in total. The first-order valence-electron chi connectivity index (χ1n) is 14.8. The van der Waals surface area contributed by atoms with Crippen molar-refractivity contribution in [2.45, 2.75) is 78.7 Å². The van der Waals surface area contributed by atoms with Crippen molar-refractivity contribution >= 4 is 44.9 Å². The molecule has 0 spiro atoms. The van der Waals surface area contributed by atoms with E-state index >= 15 is 0 Å². The van der Waals surface area contributed by atoms with Crippen molar-refractivity contribution in [1.29, 1.82) is 0 Å². The fourth-order valence-corrected chi connectivity index (χ4v) is 7.52. The molecular weight excluding hydrogens is 489 g/mol. The molecule has 0 fully saturated rings. The van der Waals surface area contributed by atoms with Crippen LogP contribution in [0.1, 0.15) is 70.2 Å². The molecule has 3 heterocycles. The molecule has 0 unspecified atom stereocenters. The number of rotatable bonds is 0. The third-order valence-corrected chi connectivity index (χ3v) is 9.29. The van der Waals surface area contributed by atoms with Crippen LogP contribution >= 0.6 is 0 Å². The predicted octanol–water partition coefficient (Wildman–Crippen LogP) is 7.37. The highest BCUT2D eigenvalue weighted by Crippen LogP contribution is 2.45. The number of aryl methyl sites for hydroxylation is 3. The minimum absolute atomic E-state index is 0.0455. The van der Waals surface area contributed by atoms with Gasteiger partial charge >= 0.3 is 0 Å². The van der Waals surface area contributed by atoms with Gasteiger partial charge in [-0.2, -0.15) is 0 Å². The van der Waals surface area contributed by atoms with Crippen molar-refractivity contribution in [3.05, 3.63) is 76.9 Å². The van der Waals surface area contributed by atoms with E-state index in [0.717, 1.165) is 40.4 Å². The Labute approximate surface area is 237 Å². The lowest BCUT2D eigenvalue weighted by atomic mass is 9.34. The number of benzene rings is 4. The molecule has 40 heavy (non-hydrogen) atoms. The second-order valence-corrected chi connectivity index (χ2v) is 14.2. The molecule has 5 aromatic rings. The summed E-state index contributed by atoms with van der Waals surface area (Å²) in [5, 5.41) is 2.56. The quantitative estimate of drug-likeness (QED) is 0.193. The van der Waals surface area contributed by atoms with Gasteiger partial charge in [0.2, 0.25) is 0 Å². The van der Waals surface area contributed by atoms with E-state index in [1.807, 2.05) is 0 Å². The average Bonchev–Trinajstić information content (AvgIpc) is 3.49. The molecule has 3 aliphatic rings. The summed E-state index contributed by atoms with van der Waals surface area (Å²) in [5.41, 5.74) is 11.8. The lowest BCUT2D eigenvalue weighted by molar-refractivity contribution is 0.422. The van der Waals surface area contributed by atoms with Crippen molar-refractivity contribution in [3.63, 3.8) is 0 Å². The molecule has 0 N–H and O–H groups in total. The van der Waals surface area contributed by atoms with Gasteiger partial charge in [0.05, 0.1) is 11.0 Å². The van der Waals surface area contributed by atoms with Gasteiger partial charge in [0.1, 0.15) is 23.0 Å². The van der Waals surface area contributed by atoms with Crippen molar-refractivity contribution in [2.24, 2.45) is 0 Å². The summed E-state index contributed by atoms with van der Waals surface area (Å²) in [5.74, 6) is 3.79.